The Balaban J connectivity index is 2.62. The van der Waals surface area contributed by atoms with E-state index in [2.05, 4.69) is 57.1 Å². The summed E-state index contributed by atoms with van der Waals surface area (Å²) < 4.78 is 0. The largest absolute Gasteiger partial charge is 0.378 e. The summed E-state index contributed by atoms with van der Waals surface area (Å²) in [5, 5.41) is 0. The van der Waals surface area contributed by atoms with E-state index < -0.39 is 0 Å². The van der Waals surface area contributed by atoms with Crippen molar-refractivity contribution in [3.05, 3.63) is 29.8 Å². The second kappa shape index (κ2) is 5.79. The van der Waals surface area contributed by atoms with Crippen molar-refractivity contribution in [2.24, 2.45) is 0 Å². The zero-order chi connectivity index (χ0) is 11.3. The quantitative estimate of drug-likeness (QED) is 0.701. The summed E-state index contributed by atoms with van der Waals surface area (Å²) in [4.78, 5) is 2.14. The van der Waals surface area contributed by atoms with E-state index in [4.69, 9.17) is 0 Å². The summed E-state index contributed by atoms with van der Waals surface area (Å²) in [6.45, 7) is 4.57. The number of anilines is 1. The molecule has 1 heteroatoms. The first-order chi connectivity index (χ1) is 7.15. The molecule has 0 spiro atoms. The lowest BCUT2D eigenvalue weighted by atomic mass is 9.95. The van der Waals surface area contributed by atoms with E-state index in [0.717, 1.165) is 0 Å². The number of nitrogens with zero attached hydrogens (tertiary/aromatic N) is 1. The van der Waals surface area contributed by atoms with E-state index in [1.807, 2.05) is 0 Å². The Morgan fingerprint density at radius 2 is 1.73 bits per heavy atom. The van der Waals surface area contributed by atoms with Gasteiger partial charge in [-0.15, -0.1) is 0 Å². The second-order valence-corrected chi connectivity index (χ2v) is 4.53. The highest BCUT2D eigenvalue weighted by molar-refractivity contribution is 5.46. The first-order valence-corrected chi connectivity index (χ1v) is 5.92. The molecule has 0 aliphatic rings. The van der Waals surface area contributed by atoms with Crippen LogP contribution in [-0.4, -0.2) is 14.1 Å². The summed E-state index contributed by atoms with van der Waals surface area (Å²) >= 11 is 0. The minimum absolute atomic E-state index is 0.696. The number of benzene rings is 1. The van der Waals surface area contributed by atoms with Crippen LogP contribution in [0.3, 0.4) is 0 Å². The molecule has 1 rings (SSSR count). The maximum Gasteiger partial charge on any atom is 0.0361 e. The van der Waals surface area contributed by atoms with Crippen molar-refractivity contribution in [1.29, 1.82) is 0 Å². The zero-order valence-corrected chi connectivity index (χ0v) is 10.5. The van der Waals surface area contributed by atoms with Gasteiger partial charge in [-0.1, -0.05) is 38.8 Å². The summed E-state index contributed by atoms with van der Waals surface area (Å²) in [6, 6.07) is 8.93. The Morgan fingerprint density at radius 1 is 1.13 bits per heavy atom. The Hall–Kier alpha value is -0.980. The third kappa shape index (κ3) is 3.58. The van der Waals surface area contributed by atoms with E-state index in [-0.39, 0.29) is 0 Å². The van der Waals surface area contributed by atoms with Crippen LogP contribution >= 0.6 is 0 Å². The highest BCUT2D eigenvalue weighted by atomic mass is 15.1. The molecule has 84 valence electrons. The molecule has 0 radical (unpaired) electrons. The lowest BCUT2D eigenvalue weighted by molar-refractivity contribution is 0.624. The molecule has 1 nitrogen and oxygen atoms in total. The fourth-order valence-electron chi connectivity index (χ4n) is 1.78. The molecule has 1 aromatic carbocycles. The van der Waals surface area contributed by atoms with Gasteiger partial charge in [0.2, 0.25) is 0 Å². The molecule has 0 aliphatic carbocycles. The molecule has 15 heavy (non-hydrogen) atoms. The molecule has 0 saturated heterocycles. The van der Waals surface area contributed by atoms with Crippen LogP contribution < -0.4 is 4.90 Å². The Bertz CT molecular complexity index is 274. The van der Waals surface area contributed by atoms with Gasteiger partial charge in [0.15, 0.2) is 0 Å². The summed E-state index contributed by atoms with van der Waals surface area (Å²) in [6.07, 6.45) is 3.93. The minimum Gasteiger partial charge on any atom is -0.378 e. The predicted octanol–water partition coefficient (Wildman–Crippen LogP) is 4.05. The average molecular weight is 205 g/mol. The molecular weight excluding hydrogens is 182 g/mol. The van der Waals surface area contributed by atoms with E-state index in [9.17, 15) is 0 Å². The first-order valence-electron chi connectivity index (χ1n) is 5.92. The van der Waals surface area contributed by atoms with Crippen LogP contribution in [0.2, 0.25) is 0 Å². The van der Waals surface area contributed by atoms with Crippen LogP contribution in [0.5, 0.6) is 0 Å². The SMILES string of the molecule is CCCCC(C)c1ccc(N(C)C)cc1. The number of unbranched alkanes of at least 4 members (excludes halogenated alkanes) is 1. The van der Waals surface area contributed by atoms with Gasteiger partial charge in [0, 0.05) is 19.8 Å². The van der Waals surface area contributed by atoms with Crippen molar-refractivity contribution < 1.29 is 0 Å². The molecule has 0 fully saturated rings. The van der Waals surface area contributed by atoms with Gasteiger partial charge in [-0.25, -0.2) is 0 Å². The fraction of sp³-hybridized carbons (Fsp3) is 0.571. The summed E-state index contributed by atoms with van der Waals surface area (Å²) in [5.74, 6) is 0.696. The van der Waals surface area contributed by atoms with Gasteiger partial charge in [-0.3, -0.25) is 0 Å². The van der Waals surface area contributed by atoms with Gasteiger partial charge in [0.05, 0.1) is 0 Å². The van der Waals surface area contributed by atoms with Crippen molar-refractivity contribution in [3.8, 4) is 0 Å². The minimum atomic E-state index is 0.696. The highest BCUT2D eigenvalue weighted by Crippen LogP contribution is 2.23. The third-order valence-electron chi connectivity index (χ3n) is 2.97. The topological polar surface area (TPSA) is 3.24 Å². The Labute approximate surface area is 94.1 Å². The highest BCUT2D eigenvalue weighted by Gasteiger charge is 2.04. The van der Waals surface area contributed by atoms with Crippen LogP contribution in [0, 0.1) is 0 Å². The molecule has 0 amide bonds. The van der Waals surface area contributed by atoms with Crippen molar-refractivity contribution >= 4 is 5.69 Å². The summed E-state index contributed by atoms with van der Waals surface area (Å²) in [5.41, 5.74) is 2.75. The van der Waals surface area contributed by atoms with Crippen molar-refractivity contribution in [3.63, 3.8) is 0 Å². The molecule has 0 heterocycles. The fourth-order valence-corrected chi connectivity index (χ4v) is 1.78. The molecule has 1 unspecified atom stereocenters. The lowest BCUT2D eigenvalue weighted by Gasteiger charge is -2.15. The van der Waals surface area contributed by atoms with Crippen LogP contribution in [-0.2, 0) is 0 Å². The standard InChI is InChI=1S/C14H23N/c1-5-6-7-12(2)13-8-10-14(11-9-13)15(3)4/h8-12H,5-7H2,1-4H3. The normalized spacial score (nSPS) is 12.5. The third-order valence-corrected chi connectivity index (χ3v) is 2.97. The van der Waals surface area contributed by atoms with Crippen LogP contribution in [0.15, 0.2) is 24.3 Å². The van der Waals surface area contributed by atoms with Gasteiger partial charge < -0.3 is 4.90 Å². The second-order valence-electron chi connectivity index (χ2n) is 4.53. The van der Waals surface area contributed by atoms with Crippen LogP contribution in [0.1, 0.15) is 44.6 Å². The molecular formula is C14H23N. The van der Waals surface area contributed by atoms with E-state index >= 15 is 0 Å². The predicted molar refractivity (Wildman–Crippen MR) is 68.7 cm³/mol. The summed E-state index contributed by atoms with van der Waals surface area (Å²) in [7, 11) is 4.16. The Kier molecular flexibility index (Phi) is 4.67. The number of hydrogen-bond acceptors (Lipinski definition) is 1. The molecule has 0 bridgehead atoms. The average Bonchev–Trinajstić information content (AvgIpc) is 2.26. The van der Waals surface area contributed by atoms with E-state index in [0.29, 0.717) is 5.92 Å². The van der Waals surface area contributed by atoms with Gasteiger partial charge in [-0.2, -0.15) is 0 Å². The van der Waals surface area contributed by atoms with Gasteiger partial charge in [0.1, 0.15) is 0 Å². The van der Waals surface area contributed by atoms with E-state index in [1.54, 1.807) is 0 Å². The van der Waals surface area contributed by atoms with Gasteiger partial charge in [-0.05, 0) is 30.0 Å². The molecule has 1 atom stereocenters. The van der Waals surface area contributed by atoms with Gasteiger partial charge in [0.25, 0.3) is 0 Å². The van der Waals surface area contributed by atoms with Crippen molar-refractivity contribution in [2.45, 2.75) is 39.0 Å². The number of rotatable bonds is 5. The van der Waals surface area contributed by atoms with Crippen LogP contribution in [0.4, 0.5) is 5.69 Å². The molecule has 1 aromatic rings. The molecule has 0 saturated carbocycles. The Morgan fingerprint density at radius 3 is 2.20 bits per heavy atom. The monoisotopic (exact) mass is 205 g/mol. The first kappa shape index (κ1) is 12.1. The van der Waals surface area contributed by atoms with Gasteiger partial charge >= 0.3 is 0 Å². The maximum absolute atomic E-state index is 2.32. The maximum atomic E-state index is 2.32. The van der Waals surface area contributed by atoms with Crippen LogP contribution in [0.25, 0.3) is 0 Å². The number of hydrogen-bond donors (Lipinski definition) is 0. The lowest BCUT2D eigenvalue weighted by Crippen LogP contribution is -2.08. The van der Waals surface area contributed by atoms with E-state index in [1.165, 1.54) is 30.5 Å². The molecule has 0 aromatic heterocycles. The molecule has 0 N–H and O–H groups in total. The zero-order valence-electron chi connectivity index (χ0n) is 10.5. The van der Waals surface area contributed by atoms with Crippen molar-refractivity contribution in [1.82, 2.24) is 0 Å². The molecule has 0 aliphatic heterocycles. The van der Waals surface area contributed by atoms with Crippen molar-refractivity contribution in [2.75, 3.05) is 19.0 Å². The smallest absolute Gasteiger partial charge is 0.0361 e.